The number of rotatable bonds is 5. The molecule has 0 unspecified atom stereocenters. The minimum atomic E-state index is 0.581. The molecular weight excluding hydrogens is 613 g/mol. The normalized spacial score (nSPS) is 11.6. The highest BCUT2D eigenvalue weighted by molar-refractivity contribution is 6.17. The van der Waals surface area contributed by atoms with Crippen LogP contribution in [0.25, 0.3) is 89.2 Å². The first-order chi connectivity index (χ1) is 24.8. The van der Waals surface area contributed by atoms with Crippen molar-refractivity contribution in [2.45, 2.75) is 0 Å². The molecule has 0 bridgehead atoms. The molecule has 0 aliphatic carbocycles. The highest BCUT2D eigenvalue weighted by Crippen LogP contribution is 2.40. The molecule has 0 fully saturated rings. The maximum atomic E-state index is 5.09. The van der Waals surface area contributed by atoms with Gasteiger partial charge in [-0.25, -0.2) is 4.98 Å². The monoisotopic (exact) mass is 640 g/mol. The first-order valence-electron chi connectivity index (χ1n) is 16.7. The number of nitrogens with zero attached hydrogens (tertiary/aromatic N) is 6. The summed E-state index contributed by atoms with van der Waals surface area (Å²) in [6, 6.07) is 54.6. The average Bonchev–Trinajstić information content (AvgIpc) is 3.71. The van der Waals surface area contributed by atoms with Crippen LogP contribution in [0.5, 0.6) is 0 Å². The Morgan fingerprint density at radius 2 is 1.04 bits per heavy atom. The molecule has 50 heavy (non-hydrogen) atoms. The van der Waals surface area contributed by atoms with Gasteiger partial charge in [-0.15, -0.1) is 0 Å². The van der Waals surface area contributed by atoms with Gasteiger partial charge in [-0.2, -0.15) is 9.97 Å². The number of benzene rings is 6. The average molecular weight is 641 g/mol. The molecule has 0 radical (unpaired) electrons. The zero-order valence-electron chi connectivity index (χ0n) is 26.8. The van der Waals surface area contributed by atoms with Gasteiger partial charge in [-0.05, 0) is 53.6 Å². The van der Waals surface area contributed by atoms with Crippen LogP contribution in [0.15, 0.2) is 170 Å². The largest absolute Gasteiger partial charge is 0.308 e. The second-order valence-corrected chi connectivity index (χ2v) is 12.4. The molecule has 10 rings (SSSR count). The van der Waals surface area contributed by atoms with Crippen molar-refractivity contribution in [3.05, 3.63) is 170 Å². The second kappa shape index (κ2) is 11.4. The number of fused-ring (bicyclic) bond motifs is 6. The van der Waals surface area contributed by atoms with Crippen molar-refractivity contribution in [3.63, 3.8) is 0 Å². The molecule has 0 atom stereocenters. The lowest BCUT2D eigenvalue weighted by Crippen LogP contribution is -2.06. The zero-order chi connectivity index (χ0) is 33.0. The number of para-hydroxylation sites is 2. The molecule has 0 saturated carbocycles. The third-order valence-electron chi connectivity index (χ3n) is 9.48. The van der Waals surface area contributed by atoms with Crippen molar-refractivity contribution in [1.29, 1.82) is 0 Å². The molecule has 10 aromatic rings. The summed E-state index contributed by atoms with van der Waals surface area (Å²) in [7, 11) is 0. The van der Waals surface area contributed by atoms with Crippen molar-refractivity contribution < 1.29 is 0 Å². The Bertz CT molecular complexity index is 2800. The zero-order valence-corrected chi connectivity index (χ0v) is 26.8. The molecule has 4 aromatic heterocycles. The Labute approximate surface area is 287 Å². The standard InChI is InChI=1S/C44H28N6/c1-4-13-29(14-5-1)42-46-43(30-15-6-2-7-16-30)48-44(47-42)50-37-21-11-10-19-34(37)36-27-31(23-24-38(36)50)33-20-12-22-39-41(33)35-25-26-45-28-40(35)49(39)32-17-8-3-9-18-32/h1-28H. The van der Waals surface area contributed by atoms with E-state index in [0.717, 1.165) is 55.2 Å². The Hall–Kier alpha value is -6.92. The summed E-state index contributed by atoms with van der Waals surface area (Å²) in [5.41, 5.74) is 9.59. The van der Waals surface area contributed by atoms with Gasteiger partial charge in [0.05, 0.1) is 28.3 Å². The van der Waals surface area contributed by atoms with Gasteiger partial charge in [-0.3, -0.25) is 9.55 Å². The van der Waals surface area contributed by atoms with Crippen LogP contribution in [0.3, 0.4) is 0 Å². The maximum Gasteiger partial charge on any atom is 0.238 e. The van der Waals surface area contributed by atoms with Gasteiger partial charge in [0.1, 0.15) is 0 Å². The van der Waals surface area contributed by atoms with E-state index in [1.165, 1.54) is 16.3 Å². The first kappa shape index (κ1) is 28.1. The third kappa shape index (κ3) is 4.43. The summed E-state index contributed by atoms with van der Waals surface area (Å²) in [6.45, 7) is 0. The van der Waals surface area contributed by atoms with E-state index in [9.17, 15) is 0 Å². The molecule has 0 aliphatic heterocycles. The molecule has 4 heterocycles. The predicted molar refractivity (Wildman–Crippen MR) is 203 cm³/mol. The Morgan fingerprint density at radius 3 is 1.78 bits per heavy atom. The Balaban J connectivity index is 1.22. The molecule has 6 heteroatoms. The van der Waals surface area contributed by atoms with Gasteiger partial charge >= 0.3 is 0 Å². The Kier molecular flexibility index (Phi) is 6.39. The van der Waals surface area contributed by atoms with Crippen LogP contribution in [0.1, 0.15) is 0 Å². The van der Waals surface area contributed by atoms with Crippen molar-refractivity contribution >= 4 is 43.6 Å². The van der Waals surface area contributed by atoms with Gasteiger partial charge in [0.25, 0.3) is 0 Å². The molecule has 6 nitrogen and oxygen atoms in total. The van der Waals surface area contributed by atoms with E-state index < -0.39 is 0 Å². The Morgan fingerprint density at radius 1 is 0.400 bits per heavy atom. The third-order valence-corrected chi connectivity index (χ3v) is 9.48. The topological polar surface area (TPSA) is 61.4 Å². The molecule has 0 aliphatic rings. The van der Waals surface area contributed by atoms with Crippen LogP contribution in [-0.4, -0.2) is 29.1 Å². The summed E-state index contributed by atoms with van der Waals surface area (Å²) >= 11 is 0. The van der Waals surface area contributed by atoms with Crippen LogP contribution in [0.2, 0.25) is 0 Å². The van der Waals surface area contributed by atoms with Crippen molar-refractivity contribution in [2.24, 2.45) is 0 Å². The maximum absolute atomic E-state index is 5.09. The van der Waals surface area contributed by atoms with Crippen LogP contribution < -0.4 is 0 Å². The lowest BCUT2D eigenvalue weighted by Gasteiger charge is -2.11. The minimum Gasteiger partial charge on any atom is -0.308 e. The SMILES string of the molecule is c1ccc(-c2nc(-c3ccccc3)nc(-n3c4ccccc4c4cc(-c5cccc6c5c5ccncc5n6-c5ccccc5)ccc43)n2)cc1. The van der Waals surface area contributed by atoms with E-state index in [-0.39, 0.29) is 0 Å². The smallest absolute Gasteiger partial charge is 0.238 e. The predicted octanol–water partition coefficient (Wildman–Crippen LogP) is 10.5. The van der Waals surface area contributed by atoms with Gasteiger partial charge in [0.2, 0.25) is 5.95 Å². The number of pyridine rings is 1. The molecule has 0 amide bonds. The lowest BCUT2D eigenvalue weighted by molar-refractivity contribution is 0.953. The van der Waals surface area contributed by atoms with E-state index >= 15 is 0 Å². The first-order valence-corrected chi connectivity index (χ1v) is 16.7. The van der Waals surface area contributed by atoms with Crippen LogP contribution in [-0.2, 0) is 0 Å². The molecule has 234 valence electrons. The van der Waals surface area contributed by atoms with E-state index in [1.54, 1.807) is 0 Å². The van der Waals surface area contributed by atoms with Crippen molar-refractivity contribution in [1.82, 2.24) is 29.1 Å². The van der Waals surface area contributed by atoms with Crippen LogP contribution >= 0.6 is 0 Å². The van der Waals surface area contributed by atoms with Crippen molar-refractivity contribution in [3.8, 4) is 45.5 Å². The summed E-state index contributed by atoms with van der Waals surface area (Å²) < 4.78 is 4.48. The van der Waals surface area contributed by atoms with E-state index in [4.69, 9.17) is 15.0 Å². The van der Waals surface area contributed by atoms with E-state index in [0.29, 0.717) is 17.6 Å². The molecule has 0 spiro atoms. The lowest BCUT2D eigenvalue weighted by atomic mass is 9.98. The van der Waals surface area contributed by atoms with Gasteiger partial charge in [0, 0.05) is 44.6 Å². The van der Waals surface area contributed by atoms with Gasteiger partial charge in [-0.1, -0.05) is 115 Å². The molecule has 0 saturated heterocycles. The fourth-order valence-corrected chi connectivity index (χ4v) is 7.26. The van der Waals surface area contributed by atoms with Crippen molar-refractivity contribution in [2.75, 3.05) is 0 Å². The fraction of sp³-hybridized carbons (Fsp3) is 0. The van der Waals surface area contributed by atoms with Gasteiger partial charge in [0.15, 0.2) is 11.6 Å². The summed E-state index contributed by atoms with van der Waals surface area (Å²) in [4.78, 5) is 19.6. The van der Waals surface area contributed by atoms with E-state index in [2.05, 4.69) is 111 Å². The fourth-order valence-electron chi connectivity index (χ4n) is 7.26. The van der Waals surface area contributed by atoms with Crippen LogP contribution in [0, 0.1) is 0 Å². The number of hydrogen-bond acceptors (Lipinski definition) is 4. The summed E-state index contributed by atoms with van der Waals surface area (Å²) in [5.74, 6) is 1.85. The minimum absolute atomic E-state index is 0.581. The summed E-state index contributed by atoms with van der Waals surface area (Å²) in [6.07, 6.45) is 3.85. The van der Waals surface area contributed by atoms with E-state index in [1.807, 2.05) is 73.1 Å². The molecule has 6 aromatic carbocycles. The van der Waals surface area contributed by atoms with Gasteiger partial charge < -0.3 is 4.57 Å². The highest BCUT2D eigenvalue weighted by atomic mass is 15.2. The second-order valence-electron chi connectivity index (χ2n) is 12.4. The highest BCUT2D eigenvalue weighted by Gasteiger charge is 2.20. The van der Waals surface area contributed by atoms with Crippen LogP contribution in [0.4, 0.5) is 0 Å². The quantitative estimate of drug-likeness (QED) is 0.188. The molecular formula is C44H28N6. The molecule has 0 N–H and O–H groups in total. The number of hydrogen-bond donors (Lipinski definition) is 0. The summed E-state index contributed by atoms with van der Waals surface area (Å²) in [5, 5.41) is 4.64. The number of aromatic nitrogens is 6.